The molecule has 1 aromatic heterocycles. The van der Waals surface area contributed by atoms with Gasteiger partial charge >= 0.3 is 0 Å². The van der Waals surface area contributed by atoms with E-state index in [1.54, 1.807) is 18.3 Å². The smallest absolute Gasteiger partial charge is 0.125 e. The summed E-state index contributed by atoms with van der Waals surface area (Å²) >= 11 is 0. The van der Waals surface area contributed by atoms with Gasteiger partial charge in [0.15, 0.2) is 0 Å². The molecule has 0 spiro atoms. The fraction of sp³-hybridized carbons (Fsp3) is 0. The quantitative estimate of drug-likeness (QED) is 0.564. The van der Waals surface area contributed by atoms with Crippen LogP contribution >= 0.6 is 12.4 Å². The first kappa shape index (κ1) is 8.04. The van der Waals surface area contributed by atoms with Gasteiger partial charge in [-0.15, -0.1) is 12.4 Å². The Morgan fingerprint density at radius 1 is 1.33 bits per heavy atom. The van der Waals surface area contributed by atoms with Crippen LogP contribution in [0.25, 0.3) is 0 Å². The maximum absolute atomic E-state index is 5.34. The van der Waals surface area contributed by atoms with Crippen LogP contribution in [0.3, 0.4) is 0 Å². The number of nitrogens with two attached hydrogens (primary N) is 2. The van der Waals surface area contributed by atoms with E-state index in [1.807, 2.05) is 0 Å². The van der Waals surface area contributed by atoms with Crippen molar-refractivity contribution in [1.29, 1.82) is 0 Å². The molecule has 3 nitrogen and oxygen atoms in total. The Labute approximate surface area is 59.5 Å². The number of nitrogen functional groups attached to an aromatic ring is 2. The third-order valence-electron chi connectivity index (χ3n) is 0.805. The molecule has 1 heterocycles. The Morgan fingerprint density at radius 3 is 2.33 bits per heavy atom. The van der Waals surface area contributed by atoms with Crippen LogP contribution in [0, 0.1) is 0 Å². The first-order chi connectivity index (χ1) is 3.79. The number of nitrogens with zero attached hydrogens (tertiary/aromatic N) is 1. The summed E-state index contributed by atoms with van der Waals surface area (Å²) in [6.07, 6.45) is 1.57. The van der Waals surface area contributed by atoms with Gasteiger partial charge in [-0.2, -0.15) is 0 Å². The Bertz CT molecular complexity index is 172. The molecular formula is C5H8ClN3. The second kappa shape index (κ2) is 3.14. The predicted molar refractivity (Wildman–Crippen MR) is 40.3 cm³/mol. The average Bonchev–Trinajstić information content (AvgIpc) is 1.64. The largest absolute Gasteiger partial charge is 0.399 e. The van der Waals surface area contributed by atoms with Gasteiger partial charge in [-0.05, 0) is 6.07 Å². The summed E-state index contributed by atoms with van der Waals surface area (Å²) in [4.78, 5) is 3.74. The van der Waals surface area contributed by atoms with Gasteiger partial charge in [0, 0.05) is 18.0 Å². The molecule has 0 radical (unpaired) electrons. The minimum Gasteiger partial charge on any atom is -0.399 e. The number of hydrogen-bond acceptors (Lipinski definition) is 3. The van der Waals surface area contributed by atoms with E-state index in [2.05, 4.69) is 4.98 Å². The first-order valence-corrected chi connectivity index (χ1v) is 2.26. The summed E-state index contributed by atoms with van der Waals surface area (Å²) in [6, 6.07) is 3.30. The van der Waals surface area contributed by atoms with Crippen molar-refractivity contribution in [3.8, 4) is 0 Å². The Kier molecular flexibility index (Phi) is 2.81. The number of pyridine rings is 1. The normalized spacial score (nSPS) is 8.00. The third kappa shape index (κ3) is 2.19. The van der Waals surface area contributed by atoms with Gasteiger partial charge < -0.3 is 11.5 Å². The number of hydrogen-bond donors (Lipinski definition) is 2. The molecule has 0 aromatic carbocycles. The summed E-state index contributed by atoms with van der Waals surface area (Å²) in [5.41, 5.74) is 11.3. The fourth-order valence-electron chi connectivity index (χ4n) is 0.466. The lowest BCUT2D eigenvalue weighted by Gasteiger charge is -1.90. The van der Waals surface area contributed by atoms with Crippen LogP contribution in [0.4, 0.5) is 11.5 Å². The van der Waals surface area contributed by atoms with Gasteiger partial charge in [-0.3, -0.25) is 0 Å². The van der Waals surface area contributed by atoms with Crippen molar-refractivity contribution in [2.45, 2.75) is 0 Å². The van der Waals surface area contributed by atoms with Gasteiger partial charge in [0.2, 0.25) is 0 Å². The molecule has 0 fully saturated rings. The standard InChI is InChI=1S/C5H7N3.ClH/c6-4-1-2-8-5(7)3-4;/h1-3H,(H4,6,7,8);1H. The third-order valence-corrected chi connectivity index (χ3v) is 0.805. The molecule has 0 bridgehead atoms. The van der Waals surface area contributed by atoms with Crippen LogP contribution in [-0.2, 0) is 0 Å². The second-order valence-corrected chi connectivity index (χ2v) is 1.51. The summed E-state index contributed by atoms with van der Waals surface area (Å²) < 4.78 is 0. The first-order valence-electron chi connectivity index (χ1n) is 2.26. The number of rotatable bonds is 0. The highest BCUT2D eigenvalue weighted by atomic mass is 35.5. The van der Waals surface area contributed by atoms with E-state index < -0.39 is 0 Å². The van der Waals surface area contributed by atoms with Crippen LogP contribution in [-0.4, -0.2) is 4.98 Å². The maximum atomic E-state index is 5.34. The van der Waals surface area contributed by atoms with E-state index in [0.717, 1.165) is 0 Å². The minimum atomic E-state index is 0. The Morgan fingerprint density at radius 2 is 2.00 bits per heavy atom. The molecule has 0 unspecified atom stereocenters. The van der Waals surface area contributed by atoms with Gasteiger partial charge in [-0.25, -0.2) is 4.98 Å². The predicted octanol–water partition coefficient (Wildman–Crippen LogP) is 0.668. The number of aromatic nitrogens is 1. The lowest BCUT2D eigenvalue weighted by atomic mass is 10.4. The van der Waals surface area contributed by atoms with Crippen molar-refractivity contribution in [2.24, 2.45) is 0 Å². The zero-order valence-corrected chi connectivity index (χ0v) is 5.56. The van der Waals surface area contributed by atoms with Crippen molar-refractivity contribution in [3.63, 3.8) is 0 Å². The molecule has 1 aromatic rings. The number of anilines is 2. The zero-order chi connectivity index (χ0) is 5.98. The minimum absolute atomic E-state index is 0. The second-order valence-electron chi connectivity index (χ2n) is 1.51. The summed E-state index contributed by atoms with van der Waals surface area (Å²) in [7, 11) is 0. The molecule has 0 saturated carbocycles. The van der Waals surface area contributed by atoms with E-state index in [-0.39, 0.29) is 12.4 Å². The van der Waals surface area contributed by atoms with Crippen LogP contribution in [0.2, 0.25) is 0 Å². The highest BCUT2D eigenvalue weighted by molar-refractivity contribution is 5.85. The molecule has 4 heteroatoms. The topological polar surface area (TPSA) is 64.9 Å². The summed E-state index contributed by atoms with van der Waals surface area (Å²) in [6.45, 7) is 0. The van der Waals surface area contributed by atoms with Crippen LogP contribution in [0.15, 0.2) is 18.3 Å². The lowest BCUT2D eigenvalue weighted by Crippen LogP contribution is -1.91. The lowest BCUT2D eigenvalue weighted by molar-refractivity contribution is 1.34. The highest BCUT2D eigenvalue weighted by Gasteiger charge is 1.83. The molecule has 0 aliphatic carbocycles. The molecule has 9 heavy (non-hydrogen) atoms. The maximum Gasteiger partial charge on any atom is 0.125 e. The van der Waals surface area contributed by atoms with Gasteiger partial charge in [-0.1, -0.05) is 0 Å². The molecular weight excluding hydrogens is 138 g/mol. The van der Waals surface area contributed by atoms with Crippen LogP contribution in [0.5, 0.6) is 0 Å². The SMILES string of the molecule is Cl.Nc1ccnc(N)c1. The van der Waals surface area contributed by atoms with Crippen molar-refractivity contribution in [1.82, 2.24) is 4.98 Å². The van der Waals surface area contributed by atoms with Crippen molar-refractivity contribution >= 4 is 23.9 Å². The molecule has 0 aliphatic heterocycles. The fourth-order valence-corrected chi connectivity index (χ4v) is 0.466. The Balaban J connectivity index is 0.000000640. The van der Waals surface area contributed by atoms with Gasteiger partial charge in [0.25, 0.3) is 0 Å². The molecule has 4 N–H and O–H groups in total. The molecule has 0 atom stereocenters. The van der Waals surface area contributed by atoms with E-state index >= 15 is 0 Å². The van der Waals surface area contributed by atoms with Crippen molar-refractivity contribution < 1.29 is 0 Å². The van der Waals surface area contributed by atoms with Gasteiger partial charge in [0.1, 0.15) is 5.82 Å². The van der Waals surface area contributed by atoms with Crippen molar-refractivity contribution in [2.75, 3.05) is 11.5 Å². The monoisotopic (exact) mass is 145 g/mol. The van der Waals surface area contributed by atoms with Crippen LogP contribution in [0.1, 0.15) is 0 Å². The molecule has 1 rings (SSSR count). The van der Waals surface area contributed by atoms with Crippen LogP contribution < -0.4 is 11.5 Å². The van der Waals surface area contributed by atoms with E-state index in [4.69, 9.17) is 11.5 Å². The van der Waals surface area contributed by atoms with Crippen molar-refractivity contribution in [3.05, 3.63) is 18.3 Å². The van der Waals surface area contributed by atoms with Gasteiger partial charge in [0.05, 0.1) is 0 Å². The zero-order valence-electron chi connectivity index (χ0n) is 4.74. The summed E-state index contributed by atoms with van der Waals surface area (Å²) in [5.74, 6) is 0.463. The molecule has 0 amide bonds. The Hall–Kier alpha value is -0.960. The highest BCUT2D eigenvalue weighted by Crippen LogP contribution is 2.01. The molecule has 50 valence electrons. The molecule has 0 aliphatic rings. The van der Waals surface area contributed by atoms with E-state index in [9.17, 15) is 0 Å². The summed E-state index contributed by atoms with van der Waals surface area (Å²) in [5, 5.41) is 0. The molecule has 0 saturated heterocycles. The number of halogens is 1. The van der Waals surface area contributed by atoms with E-state index in [1.165, 1.54) is 0 Å². The van der Waals surface area contributed by atoms with E-state index in [0.29, 0.717) is 11.5 Å². The average molecular weight is 146 g/mol.